The highest BCUT2D eigenvalue weighted by molar-refractivity contribution is 6.00. The van der Waals surface area contributed by atoms with Crippen molar-refractivity contribution in [2.45, 2.75) is 6.54 Å². The first kappa shape index (κ1) is 19.5. The lowest BCUT2D eigenvalue weighted by Crippen LogP contribution is -2.17. The van der Waals surface area contributed by atoms with Crippen molar-refractivity contribution < 1.29 is 4.79 Å². The number of amides is 1. The highest BCUT2D eigenvalue weighted by atomic mass is 16.2. The quantitative estimate of drug-likeness (QED) is 0.305. The predicted octanol–water partition coefficient (Wildman–Crippen LogP) is 4.84. The molecule has 32 heavy (non-hydrogen) atoms. The average Bonchev–Trinajstić information content (AvgIpc) is 3.47. The van der Waals surface area contributed by atoms with E-state index in [1.54, 1.807) is 12.3 Å². The standard InChI is InChI=1S/C26H21N5O/c32-26(24-15-23(28-29-24)20-11-5-2-6-12-20)30-27-16-21-18-31(17-19-9-3-1-4-10-19)25-14-8-7-13-22(21)25/h1-16,18H,17H2,(H,28,29)(H,30,32). The number of hydrogen-bond acceptors (Lipinski definition) is 3. The summed E-state index contributed by atoms with van der Waals surface area (Å²) in [4.78, 5) is 12.5. The molecule has 2 N–H and O–H groups in total. The average molecular weight is 419 g/mol. The molecule has 0 aliphatic rings. The normalized spacial score (nSPS) is 11.2. The van der Waals surface area contributed by atoms with Crippen molar-refractivity contribution >= 4 is 23.0 Å². The van der Waals surface area contributed by atoms with Gasteiger partial charge in [0.05, 0.1) is 11.9 Å². The Morgan fingerprint density at radius 2 is 1.69 bits per heavy atom. The number of H-pyrrole nitrogens is 1. The van der Waals surface area contributed by atoms with E-state index in [9.17, 15) is 4.79 Å². The van der Waals surface area contributed by atoms with Crippen molar-refractivity contribution in [1.29, 1.82) is 0 Å². The lowest BCUT2D eigenvalue weighted by Gasteiger charge is -2.05. The van der Waals surface area contributed by atoms with E-state index in [1.807, 2.05) is 60.7 Å². The monoisotopic (exact) mass is 419 g/mol. The van der Waals surface area contributed by atoms with Gasteiger partial charge in [-0.1, -0.05) is 78.9 Å². The SMILES string of the molecule is O=C(NN=Cc1cn(Cc2ccccc2)c2ccccc12)c1cc(-c2ccccc2)n[nH]1. The van der Waals surface area contributed by atoms with Crippen molar-refractivity contribution in [1.82, 2.24) is 20.2 Å². The van der Waals surface area contributed by atoms with Gasteiger partial charge < -0.3 is 4.57 Å². The number of hydrazone groups is 1. The first-order valence-corrected chi connectivity index (χ1v) is 10.3. The number of carbonyl (C=O) groups is 1. The summed E-state index contributed by atoms with van der Waals surface area (Å²) in [6.45, 7) is 0.762. The van der Waals surface area contributed by atoms with Gasteiger partial charge in [0.1, 0.15) is 5.69 Å². The van der Waals surface area contributed by atoms with E-state index >= 15 is 0 Å². The number of nitrogens with one attached hydrogen (secondary N) is 2. The second kappa shape index (κ2) is 8.73. The van der Waals surface area contributed by atoms with Gasteiger partial charge in [0, 0.05) is 34.8 Å². The zero-order valence-corrected chi connectivity index (χ0v) is 17.3. The van der Waals surface area contributed by atoms with Crippen LogP contribution in [0, 0.1) is 0 Å². The number of aromatic nitrogens is 3. The Bertz CT molecular complexity index is 1380. The molecule has 0 atom stereocenters. The summed E-state index contributed by atoms with van der Waals surface area (Å²) in [6.07, 6.45) is 3.73. The molecule has 5 aromatic rings. The number of hydrogen-bond donors (Lipinski definition) is 2. The minimum Gasteiger partial charge on any atom is -0.342 e. The maximum atomic E-state index is 12.5. The molecule has 0 saturated heterocycles. The minimum atomic E-state index is -0.344. The molecule has 0 bridgehead atoms. The van der Waals surface area contributed by atoms with Crippen LogP contribution in [-0.4, -0.2) is 26.9 Å². The van der Waals surface area contributed by atoms with Crippen LogP contribution in [-0.2, 0) is 6.54 Å². The Hall–Kier alpha value is -4.45. The van der Waals surface area contributed by atoms with Crippen LogP contribution in [0.1, 0.15) is 21.6 Å². The zero-order valence-electron chi connectivity index (χ0n) is 17.3. The van der Waals surface area contributed by atoms with Crippen molar-refractivity contribution in [3.05, 3.63) is 114 Å². The van der Waals surface area contributed by atoms with Crippen molar-refractivity contribution in [3.8, 4) is 11.3 Å². The molecular weight excluding hydrogens is 398 g/mol. The summed E-state index contributed by atoms with van der Waals surface area (Å²) >= 11 is 0. The van der Waals surface area contributed by atoms with Crippen LogP contribution in [0.4, 0.5) is 0 Å². The Balaban J connectivity index is 1.33. The maximum Gasteiger partial charge on any atom is 0.289 e. The third-order valence-electron chi connectivity index (χ3n) is 5.28. The van der Waals surface area contributed by atoms with Gasteiger partial charge in [-0.3, -0.25) is 9.89 Å². The van der Waals surface area contributed by atoms with Crippen LogP contribution in [0.5, 0.6) is 0 Å². The van der Waals surface area contributed by atoms with Gasteiger partial charge in [0.15, 0.2) is 0 Å². The molecule has 2 heterocycles. The van der Waals surface area contributed by atoms with Gasteiger partial charge in [-0.2, -0.15) is 10.2 Å². The zero-order chi connectivity index (χ0) is 21.8. The van der Waals surface area contributed by atoms with Gasteiger partial charge in [-0.15, -0.1) is 0 Å². The van der Waals surface area contributed by atoms with Crippen LogP contribution in [0.25, 0.3) is 22.2 Å². The smallest absolute Gasteiger partial charge is 0.289 e. The summed E-state index contributed by atoms with van der Waals surface area (Å²) < 4.78 is 2.19. The van der Waals surface area contributed by atoms with E-state index < -0.39 is 0 Å². The van der Waals surface area contributed by atoms with Gasteiger partial charge in [0.2, 0.25) is 0 Å². The summed E-state index contributed by atoms with van der Waals surface area (Å²) in [5.41, 5.74) is 7.87. The highest BCUT2D eigenvalue weighted by Crippen LogP contribution is 2.21. The Morgan fingerprint density at radius 3 is 2.50 bits per heavy atom. The summed E-state index contributed by atoms with van der Waals surface area (Å²) in [6, 6.07) is 29.9. The fourth-order valence-electron chi connectivity index (χ4n) is 3.70. The van der Waals surface area contributed by atoms with Gasteiger partial charge in [-0.25, -0.2) is 5.43 Å². The fourth-order valence-corrected chi connectivity index (χ4v) is 3.70. The van der Waals surface area contributed by atoms with Crippen LogP contribution >= 0.6 is 0 Å². The number of rotatable bonds is 6. The number of aromatic amines is 1. The number of nitrogens with zero attached hydrogens (tertiary/aromatic N) is 3. The molecule has 156 valence electrons. The first-order valence-electron chi connectivity index (χ1n) is 10.3. The van der Waals surface area contributed by atoms with Crippen LogP contribution in [0.15, 0.2) is 102 Å². The Labute approximate surface area is 185 Å². The van der Waals surface area contributed by atoms with Gasteiger partial charge in [0.25, 0.3) is 5.91 Å². The summed E-state index contributed by atoms with van der Waals surface area (Å²) in [5, 5.41) is 12.3. The Kier molecular flexibility index (Phi) is 5.32. The largest absolute Gasteiger partial charge is 0.342 e. The molecule has 0 unspecified atom stereocenters. The van der Waals surface area contributed by atoms with E-state index in [2.05, 4.69) is 55.8 Å². The molecule has 0 spiro atoms. The van der Waals surface area contributed by atoms with E-state index in [4.69, 9.17) is 0 Å². The lowest BCUT2D eigenvalue weighted by atomic mass is 10.1. The molecule has 0 fully saturated rings. The second-order valence-corrected chi connectivity index (χ2v) is 7.45. The Morgan fingerprint density at radius 1 is 0.969 bits per heavy atom. The minimum absolute atomic E-state index is 0.344. The van der Waals surface area contributed by atoms with Crippen LogP contribution < -0.4 is 5.43 Å². The molecule has 6 nitrogen and oxygen atoms in total. The molecule has 1 amide bonds. The maximum absolute atomic E-state index is 12.5. The van der Waals surface area contributed by atoms with E-state index in [0.29, 0.717) is 11.4 Å². The molecule has 0 radical (unpaired) electrons. The molecule has 0 aliphatic carbocycles. The number of fused-ring (bicyclic) bond motifs is 1. The predicted molar refractivity (Wildman–Crippen MR) is 127 cm³/mol. The molecule has 0 saturated carbocycles. The molecule has 3 aromatic carbocycles. The molecule has 6 heteroatoms. The second-order valence-electron chi connectivity index (χ2n) is 7.45. The molecular formula is C26H21N5O. The highest BCUT2D eigenvalue weighted by Gasteiger charge is 2.11. The van der Waals surface area contributed by atoms with E-state index in [1.165, 1.54) is 5.56 Å². The van der Waals surface area contributed by atoms with Crippen molar-refractivity contribution in [2.75, 3.05) is 0 Å². The summed E-state index contributed by atoms with van der Waals surface area (Å²) in [5.74, 6) is -0.344. The number of benzene rings is 3. The molecule has 0 aliphatic heterocycles. The van der Waals surface area contributed by atoms with Crippen LogP contribution in [0.2, 0.25) is 0 Å². The van der Waals surface area contributed by atoms with Crippen molar-refractivity contribution in [3.63, 3.8) is 0 Å². The lowest BCUT2D eigenvalue weighted by molar-refractivity contribution is 0.0950. The third kappa shape index (κ3) is 4.06. The van der Waals surface area contributed by atoms with Crippen molar-refractivity contribution in [2.24, 2.45) is 5.10 Å². The van der Waals surface area contributed by atoms with E-state index in [0.717, 1.165) is 28.6 Å². The first-order chi connectivity index (χ1) is 15.8. The van der Waals surface area contributed by atoms with Gasteiger partial charge in [-0.05, 0) is 17.7 Å². The fraction of sp³-hybridized carbons (Fsp3) is 0.0385. The van der Waals surface area contributed by atoms with Gasteiger partial charge >= 0.3 is 0 Å². The third-order valence-corrected chi connectivity index (χ3v) is 5.28. The number of para-hydroxylation sites is 1. The molecule has 5 rings (SSSR count). The molecule has 2 aromatic heterocycles. The summed E-state index contributed by atoms with van der Waals surface area (Å²) in [7, 11) is 0. The number of carbonyl (C=O) groups excluding carboxylic acids is 1. The van der Waals surface area contributed by atoms with Crippen LogP contribution in [0.3, 0.4) is 0 Å². The van der Waals surface area contributed by atoms with E-state index in [-0.39, 0.29) is 5.91 Å². The topological polar surface area (TPSA) is 75.1 Å².